The highest BCUT2D eigenvalue weighted by Crippen LogP contribution is 2.48. The van der Waals surface area contributed by atoms with E-state index in [1.54, 1.807) is 18.2 Å². The lowest BCUT2D eigenvalue weighted by atomic mass is 9.95. The number of Topliss-reactive ketones (excluding diaryl/α,β-unsaturated/α-hetero) is 1. The molecule has 1 atom stereocenters. The van der Waals surface area contributed by atoms with Crippen LogP contribution in [0.5, 0.6) is 23.0 Å². The summed E-state index contributed by atoms with van der Waals surface area (Å²) in [6, 6.07) is 6.33. The number of phenolic OH excluding ortho intramolecular Hbond substituents is 2. The number of ketones is 1. The van der Waals surface area contributed by atoms with Crippen molar-refractivity contribution < 1.29 is 29.6 Å². The maximum absolute atomic E-state index is 12.5. The van der Waals surface area contributed by atoms with E-state index in [2.05, 4.69) is 0 Å². The predicted octanol–water partition coefficient (Wildman–Crippen LogP) is 3.44. The lowest BCUT2D eigenvalue weighted by Gasteiger charge is -2.18. The highest BCUT2D eigenvalue weighted by Gasteiger charge is 2.24. The largest absolute Gasteiger partial charge is 0.507 e. The normalized spacial score (nSPS) is 17.4. The second kappa shape index (κ2) is 7.88. The highest BCUT2D eigenvalue weighted by atomic mass is 16.5. The van der Waals surface area contributed by atoms with Crippen molar-refractivity contribution in [2.24, 2.45) is 0 Å². The third-order valence-electron chi connectivity index (χ3n) is 4.96. The average molecular weight is 372 g/mol. The lowest BCUT2D eigenvalue weighted by molar-refractivity contribution is 0.0864. The van der Waals surface area contributed by atoms with Gasteiger partial charge in [0.15, 0.2) is 17.3 Å². The molecule has 144 valence electrons. The second-order valence-corrected chi connectivity index (χ2v) is 6.76. The van der Waals surface area contributed by atoms with Gasteiger partial charge in [0, 0.05) is 23.1 Å². The molecule has 1 unspecified atom stereocenters. The number of methoxy groups -OCH3 is 2. The summed E-state index contributed by atoms with van der Waals surface area (Å²) in [7, 11) is 2.90. The Morgan fingerprint density at radius 2 is 1.74 bits per heavy atom. The Hall–Kier alpha value is -2.73. The molecule has 27 heavy (non-hydrogen) atoms. The predicted molar refractivity (Wildman–Crippen MR) is 101 cm³/mol. The summed E-state index contributed by atoms with van der Waals surface area (Å²) < 4.78 is 10.8. The molecule has 3 rings (SSSR count). The van der Waals surface area contributed by atoms with Gasteiger partial charge in [-0.25, -0.2) is 0 Å². The van der Waals surface area contributed by atoms with Crippen molar-refractivity contribution in [2.75, 3.05) is 14.2 Å². The fraction of sp³-hybridized carbons (Fsp3) is 0.381. The van der Waals surface area contributed by atoms with E-state index in [-0.39, 0.29) is 35.2 Å². The number of carbonyl (C=O) groups is 1. The molecule has 0 aliphatic heterocycles. The first-order valence-electron chi connectivity index (χ1n) is 8.97. The molecule has 0 saturated heterocycles. The molecule has 1 aliphatic rings. The van der Waals surface area contributed by atoms with Crippen LogP contribution in [0.1, 0.15) is 41.6 Å². The van der Waals surface area contributed by atoms with Gasteiger partial charge in [0.25, 0.3) is 0 Å². The van der Waals surface area contributed by atoms with Crippen LogP contribution in [0.2, 0.25) is 0 Å². The van der Waals surface area contributed by atoms with Gasteiger partial charge in [0.2, 0.25) is 5.75 Å². The topological polar surface area (TPSA) is 96.2 Å². The molecule has 0 heterocycles. The van der Waals surface area contributed by atoms with Crippen molar-refractivity contribution in [1.82, 2.24) is 0 Å². The Morgan fingerprint density at radius 3 is 2.44 bits per heavy atom. The summed E-state index contributed by atoms with van der Waals surface area (Å²) in [6.07, 6.45) is 1.86. The molecule has 6 nitrogen and oxygen atoms in total. The Kier molecular flexibility index (Phi) is 5.56. The number of fused-ring (bicyclic) bond motifs is 5. The van der Waals surface area contributed by atoms with Crippen LogP contribution in [-0.4, -0.2) is 41.4 Å². The van der Waals surface area contributed by atoms with E-state index in [0.29, 0.717) is 35.1 Å². The van der Waals surface area contributed by atoms with Gasteiger partial charge in [0.1, 0.15) is 5.75 Å². The van der Waals surface area contributed by atoms with Crippen molar-refractivity contribution in [1.29, 1.82) is 0 Å². The molecule has 0 aromatic heterocycles. The van der Waals surface area contributed by atoms with E-state index in [4.69, 9.17) is 9.47 Å². The third kappa shape index (κ3) is 3.71. The maximum Gasteiger partial charge on any atom is 0.203 e. The number of aliphatic hydroxyl groups is 1. The molecule has 0 spiro atoms. The van der Waals surface area contributed by atoms with E-state index in [0.717, 1.165) is 12.8 Å². The van der Waals surface area contributed by atoms with Crippen LogP contribution in [0, 0.1) is 0 Å². The smallest absolute Gasteiger partial charge is 0.203 e. The maximum atomic E-state index is 12.5. The lowest BCUT2D eigenvalue weighted by Crippen LogP contribution is -2.13. The van der Waals surface area contributed by atoms with Crippen molar-refractivity contribution in [2.45, 2.75) is 38.2 Å². The standard InChI is InChI=1S/C21H24O6/c1-26-20-16-10-13(19(25)21(20)27-2)5-3-4-6-14(22)11-18(24)12-7-8-17(23)15(16)9-12/h7-10,14,22-23,25H,3-6,11H2,1-2H3. The number of rotatable bonds is 2. The fourth-order valence-corrected chi connectivity index (χ4v) is 3.52. The molecule has 3 N–H and O–H groups in total. The van der Waals surface area contributed by atoms with Crippen LogP contribution in [0.15, 0.2) is 24.3 Å². The average Bonchev–Trinajstić information content (AvgIpc) is 2.66. The van der Waals surface area contributed by atoms with Crippen LogP contribution in [-0.2, 0) is 6.42 Å². The third-order valence-corrected chi connectivity index (χ3v) is 4.96. The number of hydrogen-bond donors (Lipinski definition) is 3. The molecule has 0 amide bonds. The number of phenols is 2. The molecule has 0 saturated carbocycles. The first-order valence-corrected chi connectivity index (χ1v) is 8.97. The summed E-state index contributed by atoms with van der Waals surface area (Å²) in [5.41, 5.74) is 2.00. The Morgan fingerprint density at radius 1 is 1.00 bits per heavy atom. The molecule has 0 fully saturated rings. The Balaban J connectivity index is 2.27. The zero-order chi connectivity index (χ0) is 19.6. The van der Waals surface area contributed by atoms with E-state index < -0.39 is 6.10 Å². The molecule has 0 radical (unpaired) electrons. The summed E-state index contributed by atoms with van der Waals surface area (Å²) in [5.74, 6) is 0.275. The van der Waals surface area contributed by atoms with Gasteiger partial charge >= 0.3 is 0 Å². The number of aryl methyl sites for hydroxylation is 1. The number of aliphatic hydroxyl groups excluding tert-OH is 1. The van der Waals surface area contributed by atoms with E-state index in [1.165, 1.54) is 20.3 Å². The molecular formula is C21H24O6. The molecule has 1 aliphatic carbocycles. The van der Waals surface area contributed by atoms with E-state index in [9.17, 15) is 20.1 Å². The fourth-order valence-electron chi connectivity index (χ4n) is 3.52. The van der Waals surface area contributed by atoms with E-state index in [1.807, 2.05) is 0 Å². The number of hydrogen-bond acceptors (Lipinski definition) is 6. The van der Waals surface area contributed by atoms with Crippen molar-refractivity contribution >= 4 is 5.78 Å². The molecule has 4 bridgehead atoms. The van der Waals surface area contributed by atoms with Gasteiger partial charge in [-0.15, -0.1) is 0 Å². The summed E-state index contributed by atoms with van der Waals surface area (Å²) >= 11 is 0. The first kappa shape index (κ1) is 19.0. The van der Waals surface area contributed by atoms with Crippen LogP contribution in [0.4, 0.5) is 0 Å². The van der Waals surface area contributed by atoms with Crippen LogP contribution < -0.4 is 9.47 Å². The number of ether oxygens (including phenoxy) is 2. The molecule has 2 aromatic rings. The van der Waals surface area contributed by atoms with Gasteiger partial charge < -0.3 is 24.8 Å². The quantitative estimate of drug-likeness (QED) is 0.747. The van der Waals surface area contributed by atoms with Gasteiger partial charge in [0.05, 0.1) is 20.3 Å². The number of aromatic hydroxyl groups is 2. The molecular weight excluding hydrogens is 348 g/mol. The number of benzene rings is 2. The van der Waals surface area contributed by atoms with E-state index >= 15 is 0 Å². The summed E-state index contributed by atoms with van der Waals surface area (Å²) in [4.78, 5) is 12.5. The zero-order valence-corrected chi connectivity index (χ0v) is 15.5. The van der Waals surface area contributed by atoms with Gasteiger partial charge in [-0.05, 0) is 49.1 Å². The highest BCUT2D eigenvalue weighted by molar-refractivity contribution is 5.98. The molecule has 2 aromatic carbocycles. The SMILES string of the molecule is COc1c2cc(c(O)c1OC)CCCCC(O)CC(=O)c1ccc(O)c-2c1. The summed E-state index contributed by atoms with van der Waals surface area (Å²) in [5, 5.41) is 31.1. The molecule has 6 heteroatoms. The van der Waals surface area contributed by atoms with Gasteiger partial charge in [-0.1, -0.05) is 6.42 Å². The zero-order valence-electron chi connectivity index (χ0n) is 15.5. The van der Waals surface area contributed by atoms with Crippen LogP contribution in [0.3, 0.4) is 0 Å². The monoisotopic (exact) mass is 372 g/mol. The van der Waals surface area contributed by atoms with Gasteiger partial charge in [-0.2, -0.15) is 0 Å². The van der Waals surface area contributed by atoms with Crippen molar-refractivity contribution in [3.8, 4) is 34.1 Å². The second-order valence-electron chi connectivity index (χ2n) is 6.76. The Bertz CT molecular complexity index is 858. The van der Waals surface area contributed by atoms with Crippen molar-refractivity contribution in [3.63, 3.8) is 0 Å². The van der Waals surface area contributed by atoms with Crippen molar-refractivity contribution in [3.05, 3.63) is 35.4 Å². The van der Waals surface area contributed by atoms with Gasteiger partial charge in [-0.3, -0.25) is 4.79 Å². The van der Waals surface area contributed by atoms with Crippen LogP contribution in [0.25, 0.3) is 11.1 Å². The number of carbonyl (C=O) groups excluding carboxylic acids is 1. The Labute approximate surface area is 158 Å². The first-order chi connectivity index (χ1) is 13.0. The minimum absolute atomic E-state index is 0.000223. The minimum atomic E-state index is -0.712. The summed E-state index contributed by atoms with van der Waals surface area (Å²) in [6.45, 7) is 0. The van der Waals surface area contributed by atoms with Crippen LogP contribution >= 0.6 is 0 Å². The minimum Gasteiger partial charge on any atom is -0.507 e.